The first-order chi connectivity index (χ1) is 15.9. The Kier molecular flexibility index (Phi) is 5.02. The average molecular weight is 482 g/mol. The molecule has 2 bridgehead atoms. The molecular weight excluding hydrogens is 452 g/mol. The molecule has 5 fully saturated rings. The molecule has 188 valence electrons. The molecule has 0 aromatic heterocycles. The summed E-state index contributed by atoms with van der Waals surface area (Å²) < 4.78 is 22.0. The van der Waals surface area contributed by atoms with Gasteiger partial charge in [-0.05, 0) is 18.3 Å². The molecule has 3 N–H and O–H groups in total. The summed E-state index contributed by atoms with van der Waals surface area (Å²) in [7, 11) is 1.08. The van der Waals surface area contributed by atoms with Gasteiger partial charge in [-0.1, -0.05) is 13.8 Å². The van der Waals surface area contributed by atoms with Crippen LogP contribution in [0.4, 0.5) is 0 Å². The maximum Gasteiger partial charge on any atom is 0.348 e. The zero-order valence-corrected chi connectivity index (χ0v) is 19.4. The van der Waals surface area contributed by atoms with Crippen LogP contribution in [0.25, 0.3) is 0 Å². The third kappa shape index (κ3) is 2.46. The minimum atomic E-state index is -2.21. The number of carbonyl (C=O) groups is 4. The number of aliphatic hydroxyl groups excluding tert-OH is 3. The number of carbonyl (C=O) groups excluding carboxylic acids is 4. The van der Waals surface area contributed by atoms with E-state index in [1.165, 1.54) is 0 Å². The summed E-state index contributed by atoms with van der Waals surface area (Å²) in [6, 6.07) is 0. The van der Waals surface area contributed by atoms with Crippen molar-refractivity contribution in [1.29, 1.82) is 0 Å². The summed E-state index contributed by atoms with van der Waals surface area (Å²) in [4.78, 5) is 51.0. The maximum atomic E-state index is 13.1. The predicted octanol–water partition coefficient (Wildman–Crippen LogP) is -1.26. The Balaban J connectivity index is 1.78. The number of rotatable bonds is 2. The maximum absolute atomic E-state index is 13.1. The Bertz CT molecular complexity index is 965. The van der Waals surface area contributed by atoms with E-state index in [0.29, 0.717) is 0 Å². The van der Waals surface area contributed by atoms with Crippen molar-refractivity contribution >= 4 is 23.7 Å². The van der Waals surface area contributed by atoms with Crippen molar-refractivity contribution in [2.75, 3.05) is 13.7 Å². The predicted molar refractivity (Wildman–Crippen MR) is 109 cm³/mol. The van der Waals surface area contributed by atoms with Crippen LogP contribution in [-0.2, 0) is 38.1 Å². The molecule has 2 saturated heterocycles. The van der Waals surface area contributed by atoms with Gasteiger partial charge in [-0.2, -0.15) is 0 Å². The van der Waals surface area contributed by atoms with E-state index in [1.807, 2.05) is 6.92 Å². The second kappa shape index (κ2) is 7.22. The number of Topliss-reactive ketones (excluding diaryl/α,β-unsaturated/α-hetero) is 1. The van der Waals surface area contributed by atoms with Crippen LogP contribution >= 0.6 is 0 Å². The number of methoxy groups -OCH3 is 1. The lowest BCUT2D eigenvalue weighted by atomic mass is 9.37. The lowest BCUT2D eigenvalue weighted by Gasteiger charge is -2.68. The van der Waals surface area contributed by atoms with Crippen LogP contribution in [0, 0.1) is 34.5 Å². The van der Waals surface area contributed by atoms with Crippen molar-refractivity contribution in [2.24, 2.45) is 34.5 Å². The number of fused-ring (bicyclic) bond motifs is 2. The van der Waals surface area contributed by atoms with Crippen molar-refractivity contribution in [2.45, 2.75) is 69.7 Å². The normalized spacial score (nSPS) is 53.3. The molecule has 3 saturated carbocycles. The van der Waals surface area contributed by atoms with Gasteiger partial charge >= 0.3 is 17.9 Å². The Morgan fingerprint density at radius 2 is 1.82 bits per heavy atom. The van der Waals surface area contributed by atoms with Crippen molar-refractivity contribution < 1.29 is 53.4 Å². The highest BCUT2D eigenvalue weighted by atomic mass is 16.6. The molecule has 5 rings (SSSR count). The Morgan fingerprint density at radius 3 is 2.44 bits per heavy atom. The van der Waals surface area contributed by atoms with Gasteiger partial charge < -0.3 is 34.3 Å². The van der Waals surface area contributed by atoms with E-state index in [0.717, 1.165) is 14.0 Å². The van der Waals surface area contributed by atoms with Crippen LogP contribution in [0.5, 0.6) is 0 Å². The number of aliphatic hydroxyl groups is 3. The highest BCUT2D eigenvalue weighted by Crippen LogP contribution is 2.72. The van der Waals surface area contributed by atoms with E-state index in [4.69, 9.17) is 18.9 Å². The molecule has 1 spiro atoms. The molecule has 2 aliphatic heterocycles. The summed E-state index contributed by atoms with van der Waals surface area (Å²) in [5.74, 6) is -5.91. The fourth-order valence-corrected chi connectivity index (χ4v) is 8.41. The van der Waals surface area contributed by atoms with E-state index < -0.39 is 76.7 Å². The summed E-state index contributed by atoms with van der Waals surface area (Å²) >= 11 is 0. The Hall–Kier alpha value is -2.08. The summed E-state index contributed by atoms with van der Waals surface area (Å²) in [5.41, 5.74) is -4.77. The number of ketones is 1. The van der Waals surface area contributed by atoms with Crippen LogP contribution < -0.4 is 0 Å². The number of hydrogen-bond donors (Lipinski definition) is 3. The monoisotopic (exact) mass is 482 g/mol. The first kappa shape index (κ1) is 23.7. The molecule has 0 aromatic rings. The number of ether oxygens (including phenoxy) is 4. The lowest BCUT2D eigenvalue weighted by molar-refractivity contribution is -0.306. The molecule has 11 nitrogen and oxygen atoms in total. The first-order valence-corrected chi connectivity index (χ1v) is 11.6. The fraction of sp³-hybridized carbons (Fsp3) is 0.826. The largest absolute Gasteiger partial charge is 0.467 e. The van der Waals surface area contributed by atoms with Gasteiger partial charge in [0.15, 0.2) is 5.78 Å². The van der Waals surface area contributed by atoms with Gasteiger partial charge in [-0.15, -0.1) is 0 Å². The molecular formula is C23H30O11. The summed E-state index contributed by atoms with van der Waals surface area (Å²) in [6.07, 6.45) is -7.07. The van der Waals surface area contributed by atoms with Gasteiger partial charge in [0.1, 0.15) is 18.3 Å². The van der Waals surface area contributed by atoms with E-state index in [1.54, 1.807) is 6.92 Å². The molecule has 0 radical (unpaired) electrons. The number of hydrogen-bond acceptors (Lipinski definition) is 11. The van der Waals surface area contributed by atoms with Gasteiger partial charge in [-0.3, -0.25) is 9.59 Å². The van der Waals surface area contributed by atoms with Crippen molar-refractivity contribution in [3.63, 3.8) is 0 Å². The van der Waals surface area contributed by atoms with Crippen molar-refractivity contribution in [3.05, 3.63) is 0 Å². The van der Waals surface area contributed by atoms with Gasteiger partial charge in [0.25, 0.3) is 0 Å². The fourth-order valence-electron chi connectivity index (χ4n) is 8.41. The highest BCUT2D eigenvalue weighted by molar-refractivity contribution is 5.88. The van der Waals surface area contributed by atoms with Gasteiger partial charge in [0.2, 0.25) is 11.7 Å². The molecule has 11 heteroatoms. The molecule has 12 unspecified atom stereocenters. The van der Waals surface area contributed by atoms with Crippen molar-refractivity contribution in [1.82, 2.24) is 0 Å². The van der Waals surface area contributed by atoms with Crippen LogP contribution in [0.2, 0.25) is 0 Å². The van der Waals surface area contributed by atoms with Crippen LogP contribution in [0.3, 0.4) is 0 Å². The lowest BCUT2D eigenvalue weighted by Crippen LogP contribution is -2.80. The molecule has 5 aliphatic rings. The molecule has 0 aromatic carbocycles. The second-order valence-corrected chi connectivity index (χ2v) is 10.8. The third-order valence-corrected chi connectivity index (χ3v) is 9.52. The Labute approximate surface area is 195 Å². The third-order valence-electron chi connectivity index (χ3n) is 9.52. The van der Waals surface area contributed by atoms with Crippen molar-refractivity contribution in [3.8, 4) is 0 Å². The zero-order chi connectivity index (χ0) is 25.0. The second-order valence-electron chi connectivity index (χ2n) is 10.8. The minimum absolute atomic E-state index is 0.128. The first-order valence-electron chi connectivity index (χ1n) is 11.6. The zero-order valence-electron chi connectivity index (χ0n) is 19.4. The topological polar surface area (TPSA) is 166 Å². The highest BCUT2D eigenvalue weighted by Gasteiger charge is 2.85. The molecule has 34 heavy (non-hydrogen) atoms. The number of esters is 3. The molecule has 0 amide bonds. The molecule has 12 atom stereocenters. The van der Waals surface area contributed by atoms with Gasteiger partial charge in [0.05, 0.1) is 25.7 Å². The average Bonchev–Trinajstić information content (AvgIpc) is 3.08. The van der Waals surface area contributed by atoms with Crippen LogP contribution in [0.15, 0.2) is 0 Å². The smallest absolute Gasteiger partial charge is 0.348 e. The molecule has 2 heterocycles. The summed E-state index contributed by atoms with van der Waals surface area (Å²) in [6.45, 7) is 4.42. The van der Waals surface area contributed by atoms with Crippen LogP contribution in [-0.4, -0.2) is 88.8 Å². The Morgan fingerprint density at radius 1 is 1.15 bits per heavy atom. The quantitative estimate of drug-likeness (QED) is 0.317. The SMILES string of the molecule is COC(=O)C12OCC34C(CC5C(C)CC(=O)C(O)C5(C)C3C(O)C1O)OC(=O)C(OC(C)=O)C24. The van der Waals surface area contributed by atoms with E-state index in [-0.39, 0.29) is 37.1 Å². The van der Waals surface area contributed by atoms with Gasteiger partial charge in [0, 0.05) is 30.1 Å². The summed E-state index contributed by atoms with van der Waals surface area (Å²) in [5, 5.41) is 34.1. The standard InChI is InChI=1S/C23H30O11/c1-8-5-11(25)17(27)21(3)10(8)6-12-22-7-32-23(20(30)31-4,18(28)13(26)15(21)22)16(22)14(19(29)34-12)33-9(2)24/h8,10,12-18,26-28H,5-7H2,1-4H3. The van der Waals surface area contributed by atoms with Gasteiger partial charge in [-0.25, -0.2) is 9.59 Å². The van der Waals surface area contributed by atoms with Crippen LogP contribution in [0.1, 0.15) is 33.6 Å². The molecule has 3 aliphatic carbocycles. The van der Waals surface area contributed by atoms with E-state index >= 15 is 0 Å². The van der Waals surface area contributed by atoms with E-state index in [2.05, 4.69) is 0 Å². The van der Waals surface area contributed by atoms with E-state index in [9.17, 15) is 34.5 Å². The minimum Gasteiger partial charge on any atom is -0.467 e.